The Morgan fingerprint density at radius 2 is 2.04 bits per heavy atom. The van der Waals surface area contributed by atoms with E-state index >= 15 is 0 Å². The number of hydrogen-bond acceptors (Lipinski definition) is 3. The van der Waals surface area contributed by atoms with E-state index in [0.29, 0.717) is 6.54 Å². The standard InChI is InChI=1S/C21H22N4O2/c1-15-10-19(8-9-20(15)18-11-23-24-12-18)25(14-26)21(13-22-16(2)27)17-6-4-3-5-7-17/h3-12,14,21H,13H2,1-2H3,(H,22,27)(H,23,24)/t21-/m1/s1. The zero-order valence-corrected chi connectivity index (χ0v) is 15.3. The maximum atomic E-state index is 12.0. The number of aromatic nitrogens is 2. The van der Waals surface area contributed by atoms with E-state index in [-0.39, 0.29) is 11.9 Å². The molecular weight excluding hydrogens is 340 g/mol. The molecule has 0 aliphatic carbocycles. The summed E-state index contributed by atoms with van der Waals surface area (Å²) in [6.07, 6.45) is 4.41. The van der Waals surface area contributed by atoms with E-state index in [1.54, 1.807) is 11.1 Å². The lowest BCUT2D eigenvalue weighted by Gasteiger charge is -2.29. The van der Waals surface area contributed by atoms with Crippen LogP contribution in [0.25, 0.3) is 11.1 Å². The lowest BCUT2D eigenvalue weighted by atomic mass is 10.0. The molecule has 0 spiro atoms. The maximum absolute atomic E-state index is 12.0. The van der Waals surface area contributed by atoms with Gasteiger partial charge in [-0.05, 0) is 35.7 Å². The summed E-state index contributed by atoms with van der Waals surface area (Å²) in [7, 11) is 0. The number of carbonyl (C=O) groups is 2. The zero-order valence-electron chi connectivity index (χ0n) is 15.3. The quantitative estimate of drug-likeness (QED) is 0.634. The summed E-state index contributed by atoms with van der Waals surface area (Å²) in [6, 6.07) is 15.2. The predicted molar refractivity (Wildman–Crippen MR) is 105 cm³/mol. The van der Waals surface area contributed by atoms with E-state index in [1.807, 2.05) is 61.7 Å². The maximum Gasteiger partial charge on any atom is 0.216 e. The Bertz CT molecular complexity index is 907. The number of aryl methyl sites for hydroxylation is 1. The summed E-state index contributed by atoms with van der Waals surface area (Å²) >= 11 is 0. The second-order valence-corrected chi connectivity index (χ2v) is 6.36. The van der Waals surface area contributed by atoms with Crippen molar-refractivity contribution in [3.63, 3.8) is 0 Å². The monoisotopic (exact) mass is 362 g/mol. The fourth-order valence-corrected chi connectivity index (χ4v) is 3.14. The van der Waals surface area contributed by atoms with Gasteiger partial charge in [-0.25, -0.2) is 0 Å². The molecule has 2 amide bonds. The summed E-state index contributed by atoms with van der Waals surface area (Å²) in [6.45, 7) is 3.80. The number of rotatable bonds is 7. The van der Waals surface area contributed by atoms with Crippen LogP contribution in [-0.2, 0) is 9.59 Å². The van der Waals surface area contributed by atoms with Crippen LogP contribution in [0.3, 0.4) is 0 Å². The van der Waals surface area contributed by atoms with Crippen molar-refractivity contribution >= 4 is 18.0 Å². The van der Waals surface area contributed by atoms with Crippen molar-refractivity contribution in [2.24, 2.45) is 0 Å². The number of aromatic amines is 1. The van der Waals surface area contributed by atoms with E-state index < -0.39 is 0 Å². The van der Waals surface area contributed by atoms with Crippen LogP contribution in [0.2, 0.25) is 0 Å². The Morgan fingerprint density at radius 1 is 1.26 bits per heavy atom. The summed E-state index contributed by atoms with van der Waals surface area (Å²) in [5.41, 5.74) is 4.81. The van der Waals surface area contributed by atoms with Crippen LogP contribution in [0.15, 0.2) is 60.9 Å². The second kappa shape index (κ2) is 8.31. The molecule has 0 unspecified atom stereocenters. The lowest BCUT2D eigenvalue weighted by Crippen LogP contribution is -2.36. The highest BCUT2D eigenvalue weighted by molar-refractivity contribution is 5.80. The minimum absolute atomic E-state index is 0.131. The number of carbonyl (C=O) groups excluding carboxylic acids is 2. The normalized spacial score (nSPS) is 11.6. The molecule has 0 saturated heterocycles. The topological polar surface area (TPSA) is 78.1 Å². The first-order valence-electron chi connectivity index (χ1n) is 8.73. The molecule has 3 rings (SSSR count). The third kappa shape index (κ3) is 4.23. The summed E-state index contributed by atoms with van der Waals surface area (Å²) in [5, 5.41) is 9.63. The van der Waals surface area contributed by atoms with Gasteiger partial charge in [0.2, 0.25) is 12.3 Å². The molecule has 138 valence electrons. The predicted octanol–water partition coefficient (Wildman–Crippen LogP) is 3.23. The minimum atomic E-state index is -0.299. The molecule has 0 aliphatic rings. The van der Waals surface area contributed by atoms with Crippen molar-refractivity contribution in [3.8, 4) is 11.1 Å². The van der Waals surface area contributed by atoms with Gasteiger partial charge in [0.15, 0.2) is 0 Å². The molecule has 1 atom stereocenters. The Morgan fingerprint density at radius 3 is 2.63 bits per heavy atom. The van der Waals surface area contributed by atoms with Crippen molar-refractivity contribution < 1.29 is 9.59 Å². The third-order valence-electron chi connectivity index (χ3n) is 4.50. The molecule has 2 aromatic carbocycles. The molecule has 1 aromatic heterocycles. The smallest absolute Gasteiger partial charge is 0.216 e. The van der Waals surface area contributed by atoms with Gasteiger partial charge in [0.1, 0.15) is 0 Å². The van der Waals surface area contributed by atoms with Gasteiger partial charge in [-0.1, -0.05) is 36.4 Å². The van der Waals surface area contributed by atoms with Gasteiger partial charge in [0, 0.05) is 30.9 Å². The Hall–Kier alpha value is -3.41. The first kappa shape index (κ1) is 18.4. The van der Waals surface area contributed by atoms with Gasteiger partial charge in [0.25, 0.3) is 0 Å². The summed E-state index contributed by atoms with van der Waals surface area (Å²) < 4.78 is 0. The molecule has 3 aromatic rings. The Labute approximate surface area is 158 Å². The first-order chi connectivity index (χ1) is 13.1. The largest absolute Gasteiger partial charge is 0.354 e. The number of anilines is 1. The van der Waals surface area contributed by atoms with Gasteiger partial charge in [-0.2, -0.15) is 5.10 Å². The molecule has 0 bridgehead atoms. The fourth-order valence-electron chi connectivity index (χ4n) is 3.14. The zero-order chi connectivity index (χ0) is 19.2. The average Bonchev–Trinajstić information content (AvgIpc) is 3.20. The van der Waals surface area contributed by atoms with Crippen molar-refractivity contribution in [2.45, 2.75) is 19.9 Å². The number of H-pyrrole nitrogens is 1. The number of amides is 2. The van der Waals surface area contributed by atoms with Crippen LogP contribution >= 0.6 is 0 Å². The minimum Gasteiger partial charge on any atom is -0.354 e. The summed E-state index contributed by atoms with van der Waals surface area (Å²) in [5.74, 6) is -0.131. The number of nitrogens with one attached hydrogen (secondary N) is 2. The van der Waals surface area contributed by atoms with Crippen molar-refractivity contribution in [1.29, 1.82) is 0 Å². The van der Waals surface area contributed by atoms with E-state index in [2.05, 4.69) is 15.5 Å². The Balaban J connectivity index is 1.96. The van der Waals surface area contributed by atoms with Crippen LogP contribution in [-0.4, -0.2) is 29.1 Å². The molecule has 1 heterocycles. The highest BCUT2D eigenvalue weighted by atomic mass is 16.1. The van der Waals surface area contributed by atoms with Gasteiger partial charge in [0.05, 0.1) is 12.2 Å². The average molecular weight is 362 g/mol. The van der Waals surface area contributed by atoms with Gasteiger partial charge in [-0.3, -0.25) is 14.7 Å². The van der Waals surface area contributed by atoms with Gasteiger partial charge in [-0.15, -0.1) is 0 Å². The molecule has 27 heavy (non-hydrogen) atoms. The van der Waals surface area contributed by atoms with Gasteiger partial charge < -0.3 is 10.2 Å². The van der Waals surface area contributed by atoms with Crippen molar-refractivity contribution in [3.05, 3.63) is 72.1 Å². The van der Waals surface area contributed by atoms with Crippen molar-refractivity contribution in [2.75, 3.05) is 11.4 Å². The van der Waals surface area contributed by atoms with Crippen LogP contribution in [0, 0.1) is 6.92 Å². The van der Waals surface area contributed by atoms with E-state index in [0.717, 1.165) is 34.4 Å². The molecule has 0 saturated carbocycles. The Kier molecular flexibility index (Phi) is 5.66. The molecule has 6 nitrogen and oxygen atoms in total. The molecule has 0 aliphatic heterocycles. The molecule has 6 heteroatoms. The molecule has 2 N–H and O–H groups in total. The first-order valence-corrected chi connectivity index (χ1v) is 8.73. The number of hydrogen-bond donors (Lipinski definition) is 2. The van der Waals surface area contributed by atoms with Crippen molar-refractivity contribution in [1.82, 2.24) is 15.5 Å². The summed E-state index contributed by atoms with van der Waals surface area (Å²) in [4.78, 5) is 25.1. The number of benzene rings is 2. The van der Waals surface area contributed by atoms with E-state index in [1.165, 1.54) is 6.92 Å². The van der Waals surface area contributed by atoms with Gasteiger partial charge >= 0.3 is 0 Å². The lowest BCUT2D eigenvalue weighted by molar-refractivity contribution is -0.119. The van der Waals surface area contributed by atoms with Crippen LogP contribution < -0.4 is 10.2 Å². The van der Waals surface area contributed by atoms with Crippen LogP contribution in [0.1, 0.15) is 24.1 Å². The second-order valence-electron chi connectivity index (χ2n) is 6.36. The van der Waals surface area contributed by atoms with E-state index in [4.69, 9.17) is 0 Å². The number of nitrogens with zero attached hydrogens (tertiary/aromatic N) is 2. The van der Waals surface area contributed by atoms with E-state index in [9.17, 15) is 9.59 Å². The third-order valence-corrected chi connectivity index (χ3v) is 4.50. The molecule has 0 fully saturated rings. The molecule has 0 radical (unpaired) electrons. The SMILES string of the molecule is CC(=O)NC[C@H](c1ccccc1)N(C=O)c1ccc(-c2cn[nH]c2)c(C)c1. The van der Waals surface area contributed by atoms with Crippen LogP contribution in [0.4, 0.5) is 5.69 Å². The fraction of sp³-hybridized carbons (Fsp3) is 0.190. The highest BCUT2D eigenvalue weighted by Crippen LogP contribution is 2.30. The molecular formula is C21H22N4O2. The highest BCUT2D eigenvalue weighted by Gasteiger charge is 2.21. The van der Waals surface area contributed by atoms with Crippen LogP contribution in [0.5, 0.6) is 0 Å².